The number of hydrogen-bond donors (Lipinski definition) is 2. The second-order valence-electron chi connectivity index (χ2n) is 11.7. The van der Waals surface area contributed by atoms with E-state index in [0.717, 1.165) is 29.5 Å². The Hall–Kier alpha value is -3.26. The van der Waals surface area contributed by atoms with Crippen LogP contribution in [0.25, 0.3) is 11.1 Å². The molecule has 1 unspecified atom stereocenters. The van der Waals surface area contributed by atoms with Crippen molar-refractivity contribution in [1.29, 1.82) is 0 Å². The van der Waals surface area contributed by atoms with E-state index >= 15 is 4.39 Å². The van der Waals surface area contributed by atoms with Crippen LogP contribution in [0.3, 0.4) is 0 Å². The van der Waals surface area contributed by atoms with Gasteiger partial charge in [0.25, 0.3) is 0 Å². The Labute approximate surface area is 236 Å². The molecular weight excluding hydrogens is 509 g/mol. The van der Waals surface area contributed by atoms with Crippen molar-refractivity contribution in [3.8, 4) is 11.1 Å². The maximum atomic E-state index is 15.8. The zero-order valence-electron chi connectivity index (χ0n) is 24.1. The van der Waals surface area contributed by atoms with Crippen molar-refractivity contribution in [1.82, 2.24) is 10.2 Å². The number of nitrogens with zero attached hydrogens (tertiary/aromatic N) is 1. The number of fused-ring (bicyclic) bond motifs is 2. The van der Waals surface area contributed by atoms with Crippen LogP contribution in [-0.2, 0) is 24.5 Å². The van der Waals surface area contributed by atoms with E-state index in [0.29, 0.717) is 37.9 Å². The smallest absolute Gasteiger partial charge is 0.306 e. The third-order valence-corrected chi connectivity index (χ3v) is 8.47. The van der Waals surface area contributed by atoms with Crippen molar-refractivity contribution in [2.24, 2.45) is 5.73 Å². The molecule has 1 aliphatic heterocycles. The minimum atomic E-state index is -1.15. The van der Waals surface area contributed by atoms with E-state index in [1.165, 1.54) is 0 Å². The molecule has 216 valence electrons. The summed E-state index contributed by atoms with van der Waals surface area (Å²) in [6, 6.07) is 12.2. The maximum absolute atomic E-state index is 15.8. The average Bonchev–Trinajstić information content (AvgIpc) is 3.14. The highest BCUT2D eigenvalue weighted by atomic mass is 19.1. The second kappa shape index (κ2) is 12.1. The number of hydrogen-bond acceptors (Lipinski definition) is 5. The van der Waals surface area contributed by atoms with E-state index in [1.807, 2.05) is 41.3 Å². The number of nitrogens with one attached hydrogen (secondary N) is 1. The average molecular weight is 552 g/mol. The Kier molecular flexibility index (Phi) is 8.98. The fourth-order valence-corrected chi connectivity index (χ4v) is 6.31. The molecule has 0 aromatic heterocycles. The highest BCUT2D eigenvalue weighted by Crippen LogP contribution is 2.54. The fourth-order valence-electron chi connectivity index (χ4n) is 6.31. The third-order valence-electron chi connectivity index (χ3n) is 8.47. The molecule has 1 aliphatic carbocycles. The molecule has 2 aromatic carbocycles. The molecule has 4 rings (SSSR count). The van der Waals surface area contributed by atoms with E-state index < -0.39 is 22.9 Å². The van der Waals surface area contributed by atoms with Gasteiger partial charge < -0.3 is 20.7 Å². The van der Waals surface area contributed by atoms with Crippen LogP contribution in [0.5, 0.6) is 0 Å². The Morgan fingerprint density at radius 3 is 2.40 bits per heavy atom. The number of nitrogens with two attached hydrogens (primary N) is 1. The Balaban J connectivity index is 1.82. The molecule has 2 amide bonds. The fraction of sp³-hybridized carbons (Fsp3) is 0.531. The largest absolute Gasteiger partial charge is 0.466 e. The van der Waals surface area contributed by atoms with E-state index in [4.69, 9.17) is 10.5 Å². The predicted octanol–water partition coefficient (Wildman–Crippen LogP) is 4.82. The number of amides is 2. The topological polar surface area (TPSA) is 102 Å². The first-order valence-corrected chi connectivity index (χ1v) is 14.4. The summed E-state index contributed by atoms with van der Waals surface area (Å²) >= 11 is 0. The first-order chi connectivity index (χ1) is 19.0. The number of unbranched alkanes of at least 4 members (excludes halogenated alkanes) is 1. The van der Waals surface area contributed by atoms with Gasteiger partial charge in [-0.05, 0) is 68.9 Å². The number of carbonyl (C=O) groups is 3. The lowest BCUT2D eigenvalue weighted by Crippen LogP contribution is -2.60. The number of benzene rings is 2. The lowest BCUT2D eigenvalue weighted by atomic mass is 9.69. The lowest BCUT2D eigenvalue weighted by Gasteiger charge is -2.45. The van der Waals surface area contributed by atoms with Gasteiger partial charge in [-0.15, -0.1) is 0 Å². The van der Waals surface area contributed by atoms with Crippen molar-refractivity contribution in [3.63, 3.8) is 0 Å². The summed E-state index contributed by atoms with van der Waals surface area (Å²) in [6.45, 7) is 8.32. The predicted molar refractivity (Wildman–Crippen MR) is 153 cm³/mol. The number of rotatable bonds is 9. The Morgan fingerprint density at radius 2 is 1.80 bits per heavy atom. The molecule has 1 spiro atoms. The molecular formula is C32H42FN3O4. The van der Waals surface area contributed by atoms with Gasteiger partial charge >= 0.3 is 5.97 Å². The maximum Gasteiger partial charge on any atom is 0.306 e. The minimum absolute atomic E-state index is 0.0392. The lowest BCUT2D eigenvalue weighted by molar-refractivity contribution is -0.144. The van der Waals surface area contributed by atoms with Crippen molar-refractivity contribution in [2.45, 2.75) is 89.1 Å². The molecule has 3 N–H and O–H groups in total. The van der Waals surface area contributed by atoms with Gasteiger partial charge in [0, 0.05) is 42.4 Å². The summed E-state index contributed by atoms with van der Waals surface area (Å²) < 4.78 is 21.2. The van der Waals surface area contributed by atoms with Crippen molar-refractivity contribution < 1.29 is 23.5 Å². The van der Waals surface area contributed by atoms with Gasteiger partial charge in [0.15, 0.2) is 0 Å². The summed E-state index contributed by atoms with van der Waals surface area (Å²) in [7, 11) is 0. The number of likely N-dealkylation sites (tertiary alicyclic amines) is 1. The molecule has 40 heavy (non-hydrogen) atoms. The Morgan fingerprint density at radius 1 is 1.12 bits per heavy atom. The summed E-state index contributed by atoms with van der Waals surface area (Å²) in [6.07, 6.45) is 3.40. The van der Waals surface area contributed by atoms with Gasteiger partial charge in [-0.25, -0.2) is 4.39 Å². The molecule has 7 nitrogen and oxygen atoms in total. The zero-order chi connectivity index (χ0) is 29.1. The van der Waals surface area contributed by atoms with Gasteiger partial charge in [-0.1, -0.05) is 43.7 Å². The van der Waals surface area contributed by atoms with E-state index in [-0.39, 0.29) is 36.6 Å². The van der Waals surface area contributed by atoms with Gasteiger partial charge in [-0.3, -0.25) is 14.4 Å². The quantitative estimate of drug-likeness (QED) is 0.436. The van der Waals surface area contributed by atoms with Crippen LogP contribution in [0.15, 0.2) is 42.5 Å². The summed E-state index contributed by atoms with van der Waals surface area (Å²) in [4.78, 5) is 40.9. The molecule has 2 aromatic rings. The van der Waals surface area contributed by atoms with Crippen LogP contribution < -0.4 is 11.1 Å². The van der Waals surface area contributed by atoms with E-state index in [1.54, 1.807) is 26.8 Å². The normalized spacial score (nSPS) is 19.8. The van der Waals surface area contributed by atoms with Crippen LogP contribution in [0.1, 0.15) is 83.3 Å². The zero-order valence-corrected chi connectivity index (χ0v) is 24.1. The van der Waals surface area contributed by atoms with Crippen molar-refractivity contribution >= 4 is 17.8 Å². The monoisotopic (exact) mass is 551 g/mol. The minimum Gasteiger partial charge on any atom is -0.466 e. The Bertz CT molecular complexity index is 1230. The molecule has 0 radical (unpaired) electrons. The van der Waals surface area contributed by atoms with Crippen LogP contribution in [0, 0.1) is 5.82 Å². The number of halogens is 1. The highest BCUT2D eigenvalue weighted by Gasteiger charge is 2.55. The second-order valence-corrected chi connectivity index (χ2v) is 11.7. The van der Waals surface area contributed by atoms with Crippen molar-refractivity contribution in [3.05, 3.63) is 59.4 Å². The molecule has 1 heterocycles. The number of piperidine rings is 1. The van der Waals surface area contributed by atoms with Gasteiger partial charge in [-0.2, -0.15) is 0 Å². The first kappa shape index (κ1) is 29.7. The number of esters is 1. The van der Waals surface area contributed by atoms with E-state index in [9.17, 15) is 14.4 Å². The molecule has 1 saturated heterocycles. The van der Waals surface area contributed by atoms with Crippen LogP contribution in [0.4, 0.5) is 4.39 Å². The molecule has 0 saturated carbocycles. The SMILES string of the molecule is CCCCC(=O)N1CCC2(CC1)c1cc(F)c(-c3ccccc3)cc1C(CC(=O)OCC)[C@H]2NC(=O)C(C)(C)N. The van der Waals surface area contributed by atoms with Crippen LogP contribution >= 0.6 is 0 Å². The standard InChI is InChI=1S/C32H42FN3O4/c1-5-7-13-27(37)36-16-14-32(15-17-36)25-20-26(33)22(21-11-9-8-10-12-21)18-23(25)24(19-28(38)40-6-2)29(32)35-30(39)31(3,4)34/h8-12,18,20,24,29H,5-7,13-17,19,34H2,1-4H3,(H,35,39)/t24?,29-/m1/s1. The molecule has 8 heteroatoms. The number of carbonyl (C=O) groups excluding carboxylic acids is 3. The third kappa shape index (κ3) is 5.92. The number of ether oxygens (including phenoxy) is 1. The summed E-state index contributed by atoms with van der Waals surface area (Å²) in [5.41, 5.74) is 7.18. The molecule has 2 aliphatic rings. The molecule has 1 fully saturated rings. The van der Waals surface area contributed by atoms with Gasteiger partial charge in [0.05, 0.1) is 18.6 Å². The van der Waals surface area contributed by atoms with Crippen LogP contribution in [0.2, 0.25) is 0 Å². The van der Waals surface area contributed by atoms with Crippen LogP contribution in [-0.4, -0.2) is 54.0 Å². The molecule has 0 bridgehead atoms. The first-order valence-electron chi connectivity index (χ1n) is 14.4. The highest BCUT2D eigenvalue weighted by molar-refractivity contribution is 5.86. The molecule has 2 atom stereocenters. The van der Waals surface area contributed by atoms with E-state index in [2.05, 4.69) is 12.2 Å². The van der Waals surface area contributed by atoms with Gasteiger partial charge in [0.2, 0.25) is 11.8 Å². The van der Waals surface area contributed by atoms with Gasteiger partial charge in [0.1, 0.15) is 5.82 Å². The summed E-state index contributed by atoms with van der Waals surface area (Å²) in [5.74, 6) is -1.40. The summed E-state index contributed by atoms with van der Waals surface area (Å²) in [5, 5.41) is 3.18. The van der Waals surface area contributed by atoms with Crippen molar-refractivity contribution in [2.75, 3.05) is 19.7 Å².